The third-order valence-corrected chi connectivity index (χ3v) is 17.1. The van der Waals surface area contributed by atoms with Crippen molar-refractivity contribution in [3.63, 3.8) is 0 Å². The molecule has 82 heavy (non-hydrogen) atoms. The van der Waals surface area contributed by atoms with Crippen LogP contribution in [-0.2, 0) is 5.41 Å². The molecular weight excluding hydrogens is 1020 g/mol. The quantitative estimate of drug-likeness (QED) is 0.122. The van der Waals surface area contributed by atoms with Gasteiger partial charge in [-0.05, 0) is 175 Å². The molecule has 6 nitrogen and oxygen atoms in total. The number of ether oxygens (including phenoxy) is 2. The highest BCUT2D eigenvalue weighted by atomic mass is 32.1. The van der Waals surface area contributed by atoms with Crippen molar-refractivity contribution in [3.05, 3.63) is 301 Å². The number of hydrogen-bond acceptors (Lipinski definition) is 6. The van der Waals surface area contributed by atoms with Crippen LogP contribution in [0.3, 0.4) is 0 Å². The van der Waals surface area contributed by atoms with Crippen LogP contribution in [0.1, 0.15) is 22.3 Å². The Kier molecular flexibility index (Phi) is 11.9. The van der Waals surface area contributed by atoms with Gasteiger partial charge >= 0.3 is 0 Å². The molecule has 0 radical (unpaired) electrons. The molecule has 0 fully saturated rings. The number of rotatable bonds is 12. The number of methoxy groups -OCH3 is 2. The highest BCUT2D eigenvalue weighted by Crippen LogP contribution is 2.57. The molecule has 0 saturated carbocycles. The Morgan fingerprint density at radius 3 is 1.40 bits per heavy atom. The molecule has 0 N–H and O–H groups in total. The normalized spacial score (nSPS) is 12.4. The van der Waals surface area contributed by atoms with Crippen LogP contribution in [0.4, 0.5) is 17.1 Å². The lowest BCUT2D eigenvalue weighted by atomic mass is 9.67. The van der Waals surface area contributed by atoms with Crippen molar-refractivity contribution in [3.8, 4) is 72.8 Å². The molecule has 2 heterocycles. The molecule has 0 spiro atoms. The number of anilines is 3. The van der Waals surface area contributed by atoms with Crippen LogP contribution in [0.5, 0.6) is 11.5 Å². The van der Waals surface area contributed by atoms with Gasteiger partial charge in [-0.15, -0.1) is 0 Å². The minimum atomic E-state index is -0.476. The zero-order chi connectivity index (χ0) is 54.7. The zero-order valence-electron chi connectivity index (χ0n) is 45.1. The van der Waals surface area contributed by atoms with Crippen LogP contribution in [0.2, 0.25) is 0 Å². The van der Waals surface area contributed by atoms with E-state index in [9.17, 15) is 0 Å². The summed E-state index contributed by atoms with van der Waals surface area (Å²) in [6.45, 7) is 0. The molecule has 1 aliphatic carbocycles. The minimum absolute atomic E-state index is 0.476. The molecule has 14 aromatic rings. The number of para-hydroxylation sites is 1. The summed E-state index contributed by atoms with van der Waals surface area (Å²) in [7, 11) is 3.40. The van der Waals surface area contributed by atoms with Crippen LogP contribution < -0.4 is 14.4 Å². The first-order valence-corrected chi connectivity index (χ1v) is 28.3. The molecule has 12 aromatic carbocycles. The summed E-state index contributed by atoms with van der Waals surface area (Å²) in [6, 6.07) is 101. The maximum absolute atomic E-state index is 5.49. The first-order chi connectivity index (χ1) is 40.5. The molecule has 0 saturated heterocycles. The van der Waals surface area contributed by atoms with E-state index < -0.39 is 5.41 Å². The van der Waals surface area contributed by atoms with E-state index >= 15 is 0 Å². The molecule has 7 heteroatoms. The smallest absolute Gasteiger partial charge is 0.129 e. The minimum Gasteiger partial charge on any atom is -0.497 e. The van der Waals surface area contributed by atoms with Crippen molar-refractivity contribution in [1.29, 1.82) is 0 Å². The van der Waals surface area contributed by atoms with Gasteiger partial charge in [-0.3, -0.25) is 0 Å². The Balaban J connectivity index is 0.788. The van der Waals surface area contributed by atoms with Gasteiger partial charge in [0.2, 0.25) is 0 Å². The number of fused-ring (bicyclic) bond motifs is 7. The van der Waals surface area contributed by atoms with Crippen molar-refractivity contribution in [2.75, 3.05) is 19.1 Å². The number of benzene rings is 12. The predicted octanol–water partition coefficient (Wildman–Crippen LogP) is 19.3. The molecule has 0 amide bonds. The summed E-state index contributed by atoms with van der Waals surface area (Å²) >= 11 is 1.25. The van der Waals surface area contributed by atoms with E-state index in [-0.39, 0.29) is 0 Å². The number of hydrogen-bond donors (Lipinski definition) is 0. The van der Waals surface area contributed by atoms with E-state index in [1.54, 1.807) is 14.2 Å². The second kappa shape index (κ2) is 20.1. The third-order valence-electron chi connectivity index (χ3n) is 16.6. The lowest BCUT2D eigenvalue weighted by Gasteiger charge is -2.34. The van der Waals surface area contributed by atoms with E-state index in [0.717, 1.165) is 101 Å². The molecule has 0 aliphatic heterocycles. The Labute approximate surface area is 480 Å². The van der Waals surface area contributed by atoms with E-state index in [2.05, 4.69) is 264 Å². The van der Waals surface area contributed by atoms with Gasteiger partial charge in [0.15, 0.2) is 0 Å². The molecule has 0 unspecified atom stereocenters. The average Bonchev–Trinajstić information content (AvgIpc) is 3.47. The molecule has 390 valence electrons. The van der Waals surface area contributed by atoms with Gasteiger partial charge in [-0.1, -0.05) is 176 Å². The highest BCUT2D eigenvalue weighted by Gasteiger charge is 2.46. The van der Waals surface area contributed by atoms with Crippen molar-refractivity contribution < 1.29 is 9.47 Å². The lowest BCUT2D eigenvalue weighted by Crippen LogP contribution is -2.28. The fourth-order valence-corrected chi connectivity index (χ4v) is 13.3. The van der Waals surface area contributed by atoms with E-state index in [0.29, 0.717) is 0 Å². The average molecular weight is 1070 g/mol. The van der Waals surface area contributed by atoms with Gasteiger partial charge < -0.3 is 18.9 Å². The number of aromatic nitrogens is 3. The van der Waals surface area contributed by atoms with Crippen LogP contribution in [-0.4, -0.2) is 27.5 Å². The topological polar surface area (TPSA) is 52.4 Å². The van der Waals surface area contributed by atoms with Crippen LogP contribution in [0, 0.1) is 0 Å². The van der Waals surface area contributed by atoms with Crippen molar-refractivity contribution in [2.24, 2.45) is 0 Å². The summed E-state index contributed by atoms with van der Waals surface area (Å²) in [5, 5.41) is 2.35. The summed E-state index contributed by atoms with van der Waals surface area (Å²) < 4.78 is 23.4. The second-order valence-corrected chi connectivity index (χ2v) is 21.4. The van der Waals surface area contributed by atoms with Gasteiger partial charge in [0.05, 0.1) is 48.1 Å². The maximum atomic E-state index is 5.49. The Hall–Kier alpha value is -10.3. The predicted molar refractivity (Wildman–Crippen MR) is 339 cm³/mol. The fourth-order valence-electron chi connectivity index (χ4n) is 12.7. The lowest BCUT2D eigenvalue weighted by molar-refractivity contribution is 0.415. The van der Waals surface area contributed by atoms with Crippen LogP contribution in [0.15, 0.2) is 279 Å². The van der Waals surface area contributed by atoms with Crippen molar-refractivity contribution in [1.82, 2.24) is 13.3 Å². The largest absolute Gasteiger partial charge is 0.497 e. The van der Waals surface area contributed by atoms with Crippen LogP contribution >= 0.6 is 11.7 Å². The van der Waals surface area contributed by atoms with Crippen molar-refractivity contribution in [2.45, 2.75) is 5.41 Å². The van der Waals surface area contributed by atoms with Crippen molar-refractivity contribution >= 4 is 61.6 Å². The third kappa shape index (κ3) is 8.00. The second-order valence-electron chi connectivity index (χ2n) is 20.9. The SMILES string of the molecule is COc1ccc(-c2ccc3c(c2)c2cc(-c4ccc(OC)cc4)ccc2n3-c2ccc(-c3ccc(N(c4ccccc4)c4ccc(-c5ccc6c(c5)C(c5ccccc5)(c5ccccc5)c5ccccc5-6)cc4)c4nsnc34)cc2)cc1. The first-order valence-electron chi connectivity index (χ1n) is 27.6. The molecule has 1 aliphatic rings. The molecule has 0 atom stereocenters. The standard InChI is InChI=1S/C75H52N4O2S/c1-80-61-37-26-50(27-38-61)53-31-43-70-66(46-53)67-47-54(51-28-39-62(81-2)40-29-51)32-44-71(67)79(70)60-35-24-52(25-36-60)63-42-45-72(74-73(63)76-82-77-74)78(58-18-10-5-11-19-58)59-33-22-49(23-34-59)55-30-41-65-64-20-12-13-21-68(64)75(69(65)48-55,56-14-6-3-7-15-56)57-16-8-4-9-17-57/h3-48H,1-2H3. The summed E-state index contributed by atoms with van der Waals surface area (Å²) in [5.74, 6) is 1.67. The maximum Gasteiger partial charge on any atom is 0.129 e. The number of nitrogens with zero attached hydrogens (tertiary/aromatic N) is 4. The van der Waals surface area contributed by atoms with Crippen LogP contribution in [0.25, 0.3) is 94.2 Å². The fraction of sp³-hybridized carbons (Fsp3) is 0.0400. The Morgan fingerprint density at radius 2 is 0.817 bits per heavy atom. The van der Waals surface area contributed by atoms with E-state index in [4.69, 9.17) is 18.2 Å². The summed E-state index contributed by atoms with van der Waals surface area (Å²) in [6.07, 6.45) is 0. The Morgan fingerprint density at radius 1 is 0.366 bits per heavy atom. The first kappa shape index (κ1) is 48.8. The van der Waals surface area contributed by atoms with E-state index in [1.807, 2.05) is 24.3 Å². The molecule has 0 bridgehead atoms. The molecule has 2 aromatic heterocycles. The van der Waals surface area contributed by atoms with Gasteiger partial charge in [-0.2, -0.15) is 8.75 Å². The van der Waals surface area contributed by atoms with E-state index in [1.165, 1.54) is 55.9 Å². The molecular formula is C75H52N4O2S. The zero-order valence-corrected chi connectivity index (χ0v) is 45.9. The van der Waals surface area contributed by atoms with Gasteiger partial charge in [0.25, 0.3) is 0 Å². The molecule has 15 rings (SSSR count). The van der Waals surface area contributed by atoms with Gasteiger partial charge in [0.1, 0.15) is 22.5 Å². The summed E-state index contributed by atoms with van der Waals surface area (Å²) in [5.41, 5.74) is 24.2. The van der Waals surface area contributed by atoms with Gasteiger partial charge in [0, 0.05) is 33.4 Å². The summed E-state index contributed by atoms with van der Waals surface area (Å²) in [4.78, 5) is 2.30. The Bertz CT molecular complexity index is 4530. The van der Waals surface area contributed by atoms with Gasteiger partial charge in [-0.25, -0.2) is 0 Å². The monoisotopic (exact) mass is 1070 g/mol. The highest BCUT2D eigenvalue weighted by molar-refractivity contribution is 7.00.